The third kappa shape index (κ3) is 5.40. The highest BCUT2D eigenvalue weighted by molar-refractivity contribution is 7.89. The van der Waals surface area contributed by atoms with Crippen LogP contribution in [0.3, 0.4) is 0 Å². The van der Waals surface area contributed by atoms with Gasteiger partial charge in [-0.1, -0.05) is 30.3 Å². The molecule has 156 valence electrons. The van der Waals surface area contributed by atoms with Crippen LogP contribution in [-0.2, 0) is 23.2 Å². The lowest BCUT2D eigenvalue weighted by atomic mass is 10.2. The lowest BCUT2D eigenvalue weighted by Crippen LogP contribution is -2.24. The van der Waals surface area contributed by atoms with Crippen molar-refractivity contribution in [1.82, 2.24) is 4.72 Å². The minimum Gasteiger partial charge on any atom is -0.489 e. The summed E-state index contributed by atoms with van der Waals surface area (Å²) in [4.78, 5) is 10.2. The monoisotopic (exact) mass is 430 g/mol. The molecule has 3 aromatic carbocycles. The molecule has 0 bridgehead atoms. The van der Waals surface area contributed by atoms with Gasteiger partial charge in [-0.3, -0.25) is 10.1 Å². The van der Waals surface area contributed by atoms with E-state index >= 15 is 0 Å². The molecule has 0 saturated heterocycles. The Morgan fingerprint density at radius 1 is 1.00 bits per heavy atom. The summed E-state index contributed by atoms with van der Waals surface area (Å²) in [6.07, 6.45) is 0. The molecule has 1 N–H and O–H groups in total. The second-order valence-corrected chi connectivity index (χ2v) is 8.33. The van der Waals surface area contributed by atoms with Crippen LogP contribution in [0.15, 0.2) is 71.6 Å². The first-order valence-electron chi connectivity index (χ1n) is 8.95. The maximum atomic E-state index is 12.9. The first-order valence-corrected chi connectivity index (χ1v) is 10.4. The normalized spacial score (nSPS) is 11.3. The first-order chi connectivity index (χ1) is 14.2. The van der Waals surface area contributed by atoms with Crippen molar-refractivity contribution in [2.75, 3.05) is 0 Å². The first kappa shape index (κ1) is 21.4. The molecule has 0 amide bonds. The van der Waals surface area contributed by atoms with Crippen molar-refractivity contribution in [1.29, 1.82) is 0 Å². The van der Waals surface area contributed by atoms with Gasteiger partial charge in [-0.15, -0.1) is 0 Å². The highest BCUT2D eigenvalue weighted by Gasteiger charge is 2.20. The highest BCUT2D eigenvalue weighted by atomic mass is 32.2. The predicted molar refractivity (Wildman–Crippen MR) is 109 cm³/mol. The number of hydrogen-bond donors (Lipinski definition) is 1. The Balaban J connectivity index is 1.62. The minimum atomic E-state index is -3.92. The van der Waals surface area contributed by atoms with Crippen LogP contribution in [0, 0.1) is 22.9 Å². The average Bonchev–Trinajstić information content (AvgIpc) is 2.72. The molecule has 7 nitrogen and oxygen atoms in total. The number of benzene rings is 3. The SMILES string of the molecule is Cc1ccc([N+](=O)[O-])cc1S(=O)(=O)NCc1ccc(OCc2ccc(F)cc2)cc1. The maximum Gasteiger partial charge on any atom is 0.270 e. The molecule has 0 atom stereocenters. The van der Waals surface area contributed by atoms with Gasteiger partial charge in [-0.2, -0.15) is 0 Å². The van der Waals surface area contributed by atoms with Gasteiger partial charge in [0, 0.05) is 18.7 Å². The number of nitro benzene ring substituents is 1. The van der Waals surface area contributed by atoms with Gasteiger partial charge in [0.15, 0.2) is 0 Å². The molecule has 3 rings (SSSR count). The second-order valence-electron chi connectivity index (χ2n) is 6.59. The summed E-state index contributed by atoms with van der Waals surface area (Å²) in [7, 11) is -3.92. The fourth-order valence-corrected chi connectivity index (χ4v) is 3.98. The highest BCUT2D eigenvalue weighted by Crippen LogP contribution is 2.22. The fraction of sp³-hybridized carbons (Fsp3) is 0.143. The molecule has 0 saturated carbocycles. The molecule has 0 heterocycles. The van der Waals surface area contributed by atoms with Crippen LogP contribution in [0.5, 0.6) is 5.75 Å². The fourth-order valence-electron chi connectivity index (χ4n) is 2.70. The molecular formula is C21H19FN2O5S. The third-order valence-electron chi connectivity index (χ3n) is 4.38. The van der Waals surface area contributed by atoms with Crippen molar-refractivity contribution in [3.05, 3.63) is 99.4 Å². The zero-order chi connectivity index (χ0) is 21.7. The van der Waals surface area contributed by atoms with Gasteiger partial charge in [0.25, 0.3) is 5.69 Å². The van der Waals surface area contributed by atoms with E-state index in [2.05, 4.69) is 4.72 Å². The molecule has 0 aromatic heterocycles. The van der Waals surface area contributed by atoms with Gasteiger partial charge in [0.1, 0.15) is 18.2 Å². The van der Waals surface area contributed by atoms with Gasteiger partial charge < -0.3 is 4.74 Å². The standard InChI is InChI=1S/C21H19FN2O5S/c1-15-2-9-19(24(25)26)12-21(15)30(27,28)23-13-16-5-10-20(11-6-16)29-14-17-3-7-18(22)8-4-17/h2-12,23H,13-14H2,1H3. The molecule has 0 aliphatic rings. The molecule has 0 aliphatic heterocycles. The van der Waals surface area contributed by atoms with Gasteiger partial charge >= 0.3 is 0 Å². The molecule has 0 fully saturated rings. The largest absolute Gasteiger partial charge is 0.489 e. The van der Waals surface area contributed by atoms with Crippen LogP contribution < -0.4 is 9.46 Å². The van der Waals surface area contributed by atoms with Gasteiger partial charge in [-0.05, 0) is 47.9 Å². The summed E-state index contributed by atoms with van der Waals surface area (Å²) in [5, 5.41) is 10.9. The smallest absolute Gasteiger partial charge is 0.270 e. The van der Waals surface area contributed by atoms with E-state index in [1.807, 2.05) is 0 Å². The Hall–Kier alpha value is -3.30. The number of nitrogens with zero attached hydrogens (tertiary/aromatic N) is 1. The Kier molecular flexibility index (Phi) is 6.43. The molecular weight excluding hydrogens is 411 g/mol. The zero-order valence-electron chi connectivity index (χ0n) is 16.0. The Labute approximate surface area is 173 Å². The number of halogens is 1. The Morgan fingerprint density at radius 3 is 2.27 bits per heavy atom. The summed E-state index contributed by atoms with van der Waals surface area (Å²) in [6, 6.07) is 16.5. The number of sulfonamides is 1. The van der Waals surface area contributed by atoms with E-state index in [0.29, 0.717) is 16.9 Å². The second kappa shape index (κ2) is 9.02. The Morgan fingerprint density at radius 2 is 1.63 bits per heavy atom. The van der Waals surface area contributed by atoms with Crippen LogP contribution >= 0.6 is 0 Å². The molecule has 30 heavy (non-hydrogen) atoms. The van der Waals surface area contributed by atoms with E-state index < -0.39 is 14.9 Å². The van der Waals surface area contributed by atoms with E-state index in [1.54, 1.807) is 43.3 Å². The molecule has 0 radical (unpaired) electrons. The van der Waals surface area contributed by atoms with Crippen molar-refractivity contribution in [3.63, 3.8) is 0 Å². The van der Waals surface area contributed by atoms with E-state index in [9.17, 15) is 22.9 Å². The van der Waals surface area contributed by atoms with Crippen LogP contribution in [-0.4, -0.2) is 13.3 Å². The van der Waals surface area contributed by atoms with Crippen molar-refractivity contribution in [2.24, 2.45) is 0 Å². The van der Waals surface area contributed by atoms with Crippen LogP contribution in [0.4, 0.5) is 10.1 Å². The number of ether oxygens (including phenoxy) is 1. The molecule has 0 aliphatic carbocycles. The molecule has 0 unspecified atom stereocenters. The van der Waals surface area contributed by atoms with Gasteiger partial charge in [0.2, 0.25) is 10.0 Å². The lowest BCUT2D eigenvalue weighted by Gasteiger charge is -2.10. The minimum absolute atomic E-state index is 0.0166. The van der Waals surface area contributed by atoms with Gasteiger partial charge in [-0.25, -0.2) is 17.5 Å². The summed E-state index contributed by atoms with van der Waals surface area (Å²) in [5.41, 5.74) is 1.64. The molecule has 3 aromatic rings. The lowest BCUT2D eigenvalue weighted by molar-refractivity contribution is -0.385. The van der Waals surface area contributed by atoms with Crippen molar-refractivity contribution < 1.29 is 22.5 Å². The number of nitrogens with one attached hydrogen (secondary N) is 1. The maximum absolute atomic E-state index is 12.9. The number of hydrogen-bond acceptors (Lipinski definition) is 5. The topological polar surface area (TPSA) is 98.5 Å². The van der Waals surface area contributed by atoms with E-state index in [1.165, 1.54) is 24.3 Å². The summed E-state index contributed by atoms with van der Waals surface area (Å²) >= 11 is 0. The van der Waals surface area contributed by atoms with Gasteiger partial charge in [0.05, 0.1) is 9.82 Å². The van der Waals surface area contributed by atoms with Crippen LogP contribution in [0.2, 0.25) is 0 Å². The van der Waals surface area contributed by atoms with Crippen LogP contribution in [0.25, 0.3) is 0 Å². The Bertz CT molecular complexity index is 1150. The zero-order valence-corrected chi connectivity index (χ0v) is 16.9. The quantitative estimate of drug-likeness (QED) is 0.429. The number of aryl methyl sites for hydroxylation is 1. The predicted octanol–water partition coefficient (Wildman–Crippen LogP) is 4.10. The van der Waals surface area contributed by atoms with Crippen molar-refractivity contribution >= 4 is 15.7 Å². The summed E-state index contributed by atoms with van der Waals surface area (Å²) in [6.45, 7) is 1.87. The number of rotatable bonds is 8. The van der Waals surface area contributed by atoms with Crippen molar-refractivity contribution in [3.8, 4) is 5.75 Å². The number of non-ortho nitro benzene ring substituents is 1. The molecule has 0 spiro atoms. The summed E-state index contributed by atoms with van der Waals surface area (Å²) in [5.74, 6) is 0.270. The van der Waals surface area contributed by atoms with E-state index in [0.717, 1.165) is 11.6 Å². The van der Waals surface area contributed by atoms with E-state index in [4.69, 9.17) is 4.74 Å². The third-order valence-corrected chi connectivity index (χ3v) is 5.92. The van der Waals surface area contributed by atoms with Crippen molar-refractivity contribution in [2.45, 2.75) is 25.0 Å². The average molecular weight is 430 g/mol. The van der Waals surface area contributed by atoms with E-state index in [-0.39, 0.29) is 29.6 Å². The van der Waals surface area contributed by atoms with Crippen LogP contribution in [0.1, 0.15) is 16.7 Å². The summed E-state index contributed by atoms with van der Waals surface area (Å²) < 4.78 is 46.1. The molecule has 9 heteroatoms. The number of nitro groups is 1.